The quantitative estimate of drug-likeness (QED) is 0.555. The van der Waals surface area contributed by atoms with Crippen molar-refractivity contribution in [2.24, 2.45) is 11.7 Å². The molecule has 1 atom stereocenters. The van der Waals surface area contributed by atoms with E-state index in [4.69, 9.17) is 10.5 Å². The molecular weight excluding hydrogens is 385 g/mol. The molecule has 3 aromatic rings. The monoisotopic (exact) mass is 411 g/mol. The lowest BCUT2D eigenvalue weighted by atomic mass is 10.0. The topological polar surface area (TPSA) is 96.3 Å². The minimum atomic E-state index is -0.726. The van der Waals surface area contributed by atoms with E-state index in [0.29, 0.717) is 29.4 Å². The van der Waals surface area contributed by atoms with Crippen LogP contribution in [0.2, 0.25) is 0 Å². The van der Waals surface area contributed by atoms with Gasteiger partial charge in [0.2, 0.25) is 5.91 Å². The van der Waals surface area contributed by atoms with Gasteiger partial charge in [-0.1, -0.05) is 6.07 Å². The number of fused-ring (bicyclic) bond motifs is 1. The Morgan fingerprint density at radius 3 is 2.93 bits per heavy atom. The van der Waals surface area contributed by atoms with E-state index in [1.54, 1.807) is 24.4 Å². The molecule has 7 nitrogen and oxygen atoms in total. The van der Waals surface area contributed by atoms with Gasteiger partial charge in [-0.15, -0.1) is 0 Å². The smallest absolute Gasteiger partial charge is 0.237 e. The van der Waals surface area contributed by atoms with Gasteiger partial charge in [0.1, 0.15) is 11.4 Å². The van der Waals surface area contributed by atoms with Crippen LogP contribution in [-0.4, -0.2) is 53.5 Å². The van der Waals surface area contributed by atoms with Gasteiger partial charge in [-0.3, -0.25) is 4.79 Å². The maximum absolute atomic E-state index is 14.7. The molecule has 0 unspecified atom stereocenters. The minimum absolute atomic E-state index is 0.110. The van der Waals surface area contributed by atoms with Crippen LogP contribution in [0.3, 0.4) is 0 Å². The number of carbonyl (C=O) groups is 1. The molecule has 1 aliphatic heterocycles. The van der Waals surface area contributed by atoms with E-state index in [0.717, 1.165) is 24.0 Å². The molecule has 0 saturated carbocycles. The van der Waals surface area contributed by atoms with Crippen LogP contribution in [0.4, 0.5) is 4.39 Å². The van der Waals surface area contributed by atoms with E-state index >= 15 is 0 Å². The van der Waals surface area contributed by atoms with E-state index in [2.05, 4.69) is 20.2 Å². The Kier molecular flexibility index (Phi) is 5.69. The zero-order valence-corrected chi connectivity index (χ0v) is 17.1. The summed E-state index contributed by atoms with van der Waals surface area (Å²) >= 11 is 0. The normalized spacial score (nSPS) is 15.7. The number of aromatic nitrogens is 2. The van der Waals surface area contributed by atoms with Crippen molar-refractivity contribution in [1.82, 2.24) is 20.2 Å². The number of ether oxygens (including phenoxy) is 1. The van der Waals surface area contributed by atoms with Crippen molar-refractivity contribution in [3.63, 3.8) is 0 Å². The first-order valence-corrected chi connectivity index (χ1v) is 10.0. The fourth-order valence-electron chi connectivity index (χ4n) is 3.82. The molecular formula is C22H26FN5O2. The summed E-state index contributed by atoms with van der Waals surface area (Å²) < 4.78 is 20.5. The van der Waals surface area contributed by atoms with Gasteiger partial charge in [0, 0.05) is 37.9 Å². The Balaban J connectivity index is 1.39. The highest BCUT2D eigenvalue weighted by molar-refractivity contribution is 5.86. The van der Waals surface area contributed by atoms with E-state index in [1.165, 1.54) is 6.07 Å². The van der Waals surface area contributed by atoms with E-state index < -0.39 is 11.9 Å². The van der Waals surface area contributed by atoms with Crippen LogP contribution in [0.15, 0.2) is 36.7 Å². The molecule has 1 aliphatic rings. The summed E-state index contributed by atoms with van der Waals surface area (Å²) in [4.78, 5) is 21.7. The maximum atomic E-state index is 14.7. The molecule has 158 valence electrons. The minimum Gasteiger partial charge on any atom is -0.453 e. The predicted molar refractivity (Wildman–Crippen MR) is 113 cm³/mol. The number of hydrogen-bond acceptors (Lipinski definition) is 5. The molecule has 3 heterocycles. The van der Waals surface area contributed by atoms with Gasteiger partial charge in [0.05, 0.1) is 11.4 Å². The SMILES string of the molecule is Cc1c[nH]c2nccc(Oc3ccc(C[C@H](N)C(=O)NCC4CN(C)C4)cc3F)c12. The average Bonchev–Trinajstić information content (AvgIpc) is 3.08. The molecule has 1 amide bonds. The number of likely N-dealkylation sites (tertiary alicyclic amines) is 1. The summed E-state index contributed by atoms with van der Waals surface area (Å²) in [5.74, 6) is 0.397. The second-order valence-corrected chi connectivity index (χ2v) is 8.01. The molecule has 0 aliphatic carbocycles. The van der Waals surface area contributed by atoms with Crippen LogP contribution in [0.1, 0.15) is 11.1 Å². The molecule has 0 spiro atoms. The largest absolute Gasteiger partial charge is 0.453 e. The molecule has 4 rings (SSSR count). The van der Waals surface area contributed by atoms with Gasteiger partial charge in [0.25, 0.3) is 0 Å². The standard InChI is InChI=1S/C22H26FN5O2/c1-13-9-26-21-20(13)19(5-6-25-21)30-18-4-3-14(7-16(18)23)8-17(24)22(29)27-10-15-11-28(2)12-15/h3-7,9,15,17H,8,10-12,24H2,1-2H3,(H,25,26)(H,27,29)/t17-/m0/s1. The number of nitrogens with two attached hydrogens (primary N) is 1. The van der Waals surface area contributed by atoms with Crippen molar-refractivity contribution in [2.45, 2.75) is 19.4 Å². The van der Waals surface area contributed by atoms with Crippen LogP contribution in [0.25, 0.3) is 11.0 Å². The highest BCUT2D eigenvalue weighted by Gasteiger charge is 2.24. The molecule has 30 heavy (non-hydrogen) atoms. The van der Waals surface area contributed by atoms with Gasteiger partial charge in [-0.2, -0.15) is 0 Å². The Bertz CT molecular complexity index is 1060. The van der Waals surface area contributed by atoms with Crippen LogP contribution in [0.5, 0.6) is 11.5 Å². The lowest BCUT2D eigenvalue weighted by Crippen LogP contribution is -2.51. The molecule has 0 radical (unpaired) electrons. The number of pyridine rings is 1. The molecule has 0 bridgehead atoms. The van der Waals surface area contributed by atoms with Crippen molar-refractivity contribution in [3.05, 3.63) is 53.6 Å². The number of aryl methyl sites for hydroxylation is 1. The van der Waals surface area contributed by atoms with Crippen LogP contribution in [0, 0.1) is 18.7 Å². The van der Waals surface area contributed by atoms with Gasteiger partial charge in [-0.25, -0.2) is 9.37 Å². The first-order chi connectivity index (χ1) is 14.4. The second-order valence-electron chi connectivity index (χ2n) is 8.01. The molecule has 1 fully saturated rings. The van der Waals surface area contributed by atoms with E-state index in [9.17, 15) is 9.18 Å². The summed E-state index contributed by atoms with van der Waals surface area (Å²) in [6.07, 6.45) is 3.70. The zero-order valence-electron chi connectivity index (χ0n) is 17.1. The Hall–Kier alpha value is -2.97. The number of hydrogen-bond donors (Lipinski definition) is 3. The first kappa shape index (κ1) is 20.3. The van der Waals surface area contributed by atoms with Crippen molar-refractivity contribution >= 4 is 16.9 Å². The average molecular weight is 411 g/mol. The predicted octanol–water partition coefficient (Wildman–Crippen LogP) is 2.35. The number of aromatic amines is 1. The van der Waals surface area contributed by atoms with Crippen molar-refractivity contribution in [1.29, 1.82) is 0 Å². The third-order valence-corrected chi connectivity index (χ3v) is 5.45. The molecule has 1 saturated heterocycles. The van der Waals surface area contributed by atoms with Gasteiger partial charge in [0.15, 0.2) is 11.6 Å². The summed E-state index contributed by atoms with van der Waals surface area (Å²) in [6.45, 7) is 4.52. The molecule has 8 heteroatoms. The lowest BCUT2D eigenvalue weighted by molar-refractivity contribution is -0.122. The van der Waals surface area contributed by atoms with Crippen molar-refractivity contribution in [3.8, 4) is 11.5 Å². The number of benzene rings is 1. The molecule has 1 aromatic carbocycles. The summed E-state index contributed by atoms with van der Waals surface area (Å²) in [7, 11) is 2.04. The first-order valence-electron chi connectivity index (χ1n) is 10.0. The summed E-state index contributed by atoms with van der Waals surface area (Å²) in [6, 6.07) is 5.64. The zero-order chi connectivity index (χ0) is 21.3. The number of rotatable bonds is 7. The number of nitrogens with zero attached hydrogens (tertiary/aromatic N) is 2. The third-order valence-electron chi connectivity index (χ3n) is 5.45. The fraction of sp³-hybridized carbons (Fsp3) is 0.364. The van der Waals surface area contributed by atoms with Crippen molar-refractivity contribution < 1.29 is 13.9 Å². The molecule has 2 aromatic heterocycles. The molecule has 4 N–H and O–H groups in total. The van der Waals surface area contributed by atoms with Gasteiger partial charge in [-0.05, 0) is 49.7 Å². The number of halogens is 1. The van der Waals surface area contributed by atoms with Crippen LogP contribution in [-0.2, 0) is 11.2 Å². The van der Waals surface area contributed by atoms with Crippen LogP contribution < -0.4 is 15.8 Å². The van der Waals surface area contributed by atoms with E-state index in [1.807, 2.05) is 20.2 Å². The highest BCUT2D eigenvalue weighted by atomic mass is 19.1. The van der Waals surface area contributed by atoms with E-state index in [-0.39, 0.29) is 18.1 Å². The summed E-state index contributed by atoms with van der Waals surface area (Å²) in [5, 5.41) is 3.70. The number of nitrogens with one attached hydrogen (secondary N) is 2. The Morgan fingerprint density at radius 1 is 1.40 bits per heavy atom. The third kappa shape index (κ3) is 4.29. The lowest BCUT2D eigenvalue weighted by Gasteiger charge is -2.36. The number of carbonyl (C=O) groups excluding carboxylic acids is 1. The maximum Gasteiger partial charge on any atom is 0.237 e. The fourth-order valence-corrected chi connectivity index (χ4v) is 3.82. The summed E-state index contributed by atoms with van der Waals surface area (Å²) in [5.41, 5.74) is 8.31. The number of amides is 1. The van der Waals surface area contributed by atoms with Gasteiger partial charge >= 0.3 is 0 Å². The Morgan fingerprint density at radius 2 is 2.20 bits per heavy atom. The number of H-pyrrole nitrogens is 1. The van der Waals surface area contributed by atoms with Crippen molar-refractivity contribution in [2.75, 3.05) is 26.7 Å². The Labute approximate surface area is 174 Å². The van der Waals surface area contributed by atoms with Crippen LogP contribution >= 0.6 is 0 Å². The second kappa shape index (κ2) is 8.41. The highest BCUT2D eigenvalue weighted by Crippen LogP contribution is 2.32. The van der Waals surface area contributed by atoms with Gasteiger partial charge < -0.3 is 25.7 Å².